The molecule has 1 unspecified atom stereocenters. The van der Waals surface area contributed by atoms with Gasteiger partial charge >= 0.3 is 0 Å². The van der Waals surface area contributed by atoms with Gasteiger partial charge in [-0.2, -0.15) is 0 Å². The quantitative estimate of drug-likeness (QED) is 0.788. The maximum Gasteiger partial charge on any atom is 0.247 e. The van der Waals surface area contributed by atoms with Crippen molar-refractivity contribution in [1.82, 2.24) is 4.90 Å². The number of carbonyl (C=O) groups is 1. The summed E-state index contributed by atoms with van der Waals surface area (Å²) in [6, 6.07) is 14.0. The van der Waals surface area contributed by atoms with E-state index in [1.165, 1.54) is 12.1 Å². The summed E-state index contributed by atoms with van der Waals surface area (Å²) in [5.74, 6) is 0.441. The summed E-state index contributed by atoms with van der Waals surface area (Å²) in [6.45, 7) is 0.719. The molecule has 4 heteroatoms. The predicted molar refractivity (Wildman–Crippen MR) is 92.1 cm³/mol. The van der Waals surface area contributed by atoms with Crippen molar-refractivity contribution < 1.29 is 13.9 Å². The first-order chi connectivity index (χ1) is 11.7. The number of benzene rings is 2. The number of carbonyl (C=O) groups excluding carboxylic acids is 1. The number of methoxy groups -OCH3 is 1. The SMILES string of the molecule is COc1ccccc1/C=C/C(=O)N1CCCC1c1ccc(F)cc1. The van der Waals surface area contributed by atoms with E-state index in [-0.39, 0.29) is 17.8 Å². The fraction of sp³-hybridized carbons (Fsp3) is 0.250. The molecule has 124 valence electrons. The molecule has 3 nitrogen and oxygen atoms in total. The molecular formula is C20H20FNO2. The first kappa shape index (κ1) is 16.2. The van der Waals surface area contributed by atoms with Crippen LogP contribution in [0.25, 0.3) is 6.08 Å². The van der Waals surface area contributed by atoms with Crippen molar-refractivity contribution in [3.05, 3.63) is 71.6 Å². The number of hydrogen-bond donors (Lipinski definition) is 0. The average Bonchev–Trinajstić information content (AvgIpc) is 3.10. The van der Waals surface area contributed by atoms with Gasteiger partial charge in [-0.3, -0.25) is 4.79 Å². The molecule has 1 aliphatic heterocycles. The smallest absolute Gasteiger partial charge is 0.247 e. The molecule has 2 aromatic rings. The Bertz CT molecular complexity index is 740. The van der Waals surface area contributed by atoms with Gasteiger partial charge in [0.05, 0.1) is 13.2 Å². The maximum absolute atomic E-state index is 13.1. The van der Waals surface area contributed by atoms with Gasteiger partial charge in [0.25, 0.3) is 0 Å². The molecule has 2 aromatic carbocycles. The molecular weight excluding hydrogens is 305 g/mol. The molecule has 0 N–H and O–H groups in total. The van der Waals surface area contributed by atoms with E-state index in [1.54, 1.807) is 31.4 Å². The van der Waals surface area contributed by atoms with E-state index in [0.29, 0.717) is 0 Å². The Morgan fingerprint density at radius 2 is 1.96 bits per heavy atom. The number of para-hydroxylation sites is 1. The maximum atomic E-state index is 13.1. The number of halogens is 1. The van der Waals surface area contributed by atoms with Crippen molar-refractivity contribution in [3.63, 3.8) is 0 Å². The predicted octanol–water partition coefficient (Wildman–Crippen LogP) is 4.21. The molecule has 1 amide bonds. The first-order valence-electron chi connectivity index (χ1n) is 8.06. The van der Waals surface area contributed by atoms with Crippen molar-refractivity contribution in [2.75, 3.05) is 13.7 Å². The Balaban J connectivity index is 1.76. The Hall–Kier alpha value is -2.62. The molecule has 1 fully saturated rings. The van der Waals surface area contributed by atoms with Crippen LogP contribution >= 0.6 is 0 Å². The lowest BCUT2D eigenvalue weighted by Gasteiger charge is -2.24. The zero-order valence-electron chi connectivity index (χ0n) is 13.6. The highest BCUT2D eigenvalue weighted by molar-refractivity contribution is 5.92. The number of amides is 1. The van der Waals surface area contributed by atoms with Crippen LogP contribution in [0.3, 0.4) is 0 Å². The molecule has 1 heterocycles. The second-order valence-electron chi connectivity index (χ2n) is 5.82. The molecule has 1 saturated heterocycles. The topological polar surface area (TPSA) is 29.5 Å². The number of hydrogen-bond acceptors (Lipinski definition) is 2. The third kappa shape index (κ3) is 3.48. The third-order valence-corrected chi connectivity index (χ3v) is 4.34. The number of ether oxygens (including phenoxy) is 1. The minimum absolute atomic E-state index is 0.0143. The van der Waals surface area contributed by atoms with Gasteiger partial charge in [-0.15, -0.1) is 0 Å². The fourth-order valence-corrected chi connectivity index (χ4v) is 3.12. The molecule has 24 heavy (non-hydrogen) atoms. The fourth-order valence-electron chi connectivity index (χ4n) is 3.12. The molecule has 1 aliphatic rings. The average molecular weight is 325 g/mol. The van der Waals surface area contributed by atoms with E-state index in [1.807, 2.05) is 29.2 Å². The second-order valence-corrected chi connectivity index (χ2v) is 5.82. The van der Waals surface area contributed by atoms with Crippen LogP contribution in [-0.2, 0) is 4.79 Å². The van der Waals surface area contributed by atoms with Crippen molar-refractivity contribution in [3.8, 4) is 5.75 Å². The Labute approximate surface area is 141 Å². The monoisotopic (exact) mass is 325 g/mol. The molecule has 1 atom stereocenters. The molecule has 0 saturated carbocycles. The van der Waals surface area contributed by atoms with Crippen LogP contribution in [0.15, 0.2) is 54.6 Å². The van der Waals surface area contributed by atoms with Gasteiger partial charge in [0, 0.05) is 18.2 Å². The number of likely N-dealkylation sites (tertiary alicyclic amines) is 1. The van der Waals surface area contributed by atoms with E-state index in [4.69, 9.17) is 4.74 Å². The number of nitrogens with zero attached hydrogens (tertiary/aromatic N) is 1. The van der Waals surface area contributed by atoms with E-state index < -0.39 is 0 Å². The van der Waals surface area contributed by atoms with Crippen molar-refractivity contribution >= 4 is 12.0 Å². The Kier molecular flexibility index (Phi) is 4.94. The van der Waals surface area contributed by atoms with Gasteiger partial charge in [0.15, 0.2) is 0 Å². The van der Waals surface area contributed by atoms with Gasteiger partial charge in [-0.1, -0.05) is 30.3 Å². The zero-order valence-corrected chi connectivity index (χ0v) is 13.6. The molecule has 0 aromatic heterocycles. The van der Waals surface area contributed by atoms with Crippen molar-refractivity contribution in [2.45, 2.75) is 18.9 Å². The van der Waals surface area contributed by atoms with Crippen molar-refractivity contribution in [2.24, 2.45) is 0 Å². The molecule has 0 bridgehead atoms. The van der Waals surface area contributed by atoms with Gasteiger partial charge in [-0.05, 0) is 42.7 Å². The summed E-state index contributed by atoms with van der Waals surface area (Å²) < 4.78 is 18.4. The minimum atomic E-state index is -0.259. The van der Waals surface area contributed by atoms with Crippen LogP contribution in [0.5, 0.6) is 5.75 Å². The lowest BCUT2D eigenvalue weighted by molar-refractivity contribution is -0.126. The largest absolute Gasteiger partial charge is 0.496 e. The standard InChI is InChI=1S/C20H20FNO2/c1-24-19-7-3-2-5-16(19)10-13-20(23)22-14-4-6-18(22)15-8-11-17(21)12-9-15/h2-3,5,7-13,18H,4,6,14H2,1H3/b13-10+. The van der Waals surface area contributed by atoms with Gasteiger partial charge < -0.3 is 9.64 Å². The summed E-state index contributed by atoms with van der Waals surface area (Å²) in [7, 11) is 1.61. The van der Waals surface area contributed by atoms with Gasteiger partial charge in [-0.25, -0.2) is 4.39 Å². The summed E-state index contributed by atoms with van der Waals surface area (Å²) in [5.41, 5.74) is 1.85. The highest BCUT2D eigenvalue weighted by Gasteiger charge is 2.28. The van der Waals surface area contributed by atoms with E-state index >= 15 is 0 Å². The van der Waals surface area contributed by atoms with Gasteiger partial charge in [0.2, 0.25) is 5.91 Å². The molecule has 0 spiro atoms. The lowest BCUT2D eigenvalue weighted by Crippen LogP contribution is -2.28. The van der Waals surface area contributed by atoms with Gasteiger partial charge in [0.1, 0.15) is 11.6 Å². The molecule has 0 radical (unpaired) electrons. The van der Waals surface area contributed by atoms with E-state index in [2.05, 4.69) is 0 Å². The van der Waals surface area contributed by atoms with E-state index in [9.17, 15) is 9.18 Å². The summed E-state index contributed by atoms with van der Waals surface area (Å²) >= 11 is 0. The Morgan fingerprint density at radius 3 is 2.71 bits per heavy atom. The highest BCUT2D eigenvalue weighted by atomic mass is 19.1. The second kappa shape index (κ2) is 7.30. The molecule has 0 aliphatic carbocycles. The van der Waals surface area contributed by atoms with Crippen molar-refractivity contribution in [1.29, 1.82) is 0 Å². The van der Waals surface area contributed by atoms with Crippen LogP contribution in [-0.4, -0.2) is 24.5 Å². The van der Waals surface area contributed by atoms with Crippen LogP contribution in [0.4, 0.5) is 4.39 Å². The number of rotatable bonds is 4. The summed E-state index contributed by atoms with van der Waals surface area (Å²) in [6.07, 6.45) is 5.22. The van der Waals surface area contributed by atoms with Crippen LogP contribution in [0.2, 0.25) is 0 Å². The van der Waals surface area contributed by atoms with E-state index in [0.717, 1.165) is 36.3 Å². The third-order valence-electron chi connectivity index (χ3n) is 4.34. The normalized spacial score (nSPS) is 17.4. The summed E-state index contributed by atoms with van der Waals surface area (Å²) in [4.78, 5) is 14.4. The lowest BCUT2D eigenvalue weighted by atomic mass is 10.0. The molecule has 3 rings (SSSR count). The summed E-state index contributed by atoms with van der Waals surface area (Å²) in [5, 5.41) is 0. The minimum Gasteiger partial charge on any atom is -0.496 e. The zero-order chi connectivity index (χ0) is 16.9. The Morgan fingerprint density at radius 1 is 1.21 bits per heavy atom. The highest BCUT2D eigenvalue weighted by Crippen LogP contribution is 2.32. The van der Waals surface area contributed by atoms with Crippen LogP contribution in [0, 0.1) is 5.82 Å². The first-order valence-corrected chi connectivity index (χ1v) is 8.06. The van der Waals surface area contributed by atoms with Crippen LogP contribution < -0.4 is 4.74 Å². The van der Waals surface area contributed by atoms with Crippen LogP contribution in [0.1, 0.15) is 30.0 Å².